The molecule has 0 unspecified atom stereocenters. The van der Waals surface area contributed by atoms with Crippen molar-refractivity contribution in [2.75, 3.05) is 0 Å². The highest BCUT2D eigenvalue weighted by atomic mass is 15.0. The molecule has 7 aromatic carbocycles. The van der Waals surface area contributed by atoms with Crippen LogP contribution in [0, 0.1) is 13.8 Å². The number of rotatable bonds is 4. The molecule has 2 aromatic heterocycles. The fraction of sp³-hybridized carbons (Fsp3) is 0.0455. The normalized spacial score (nSPS) is 11.7. The second-order valence-electron chi connectivity index (χ2n) is 12.3. The molecular formula is C44H32N2. The zero-order valence-corrected chi connectivity index (χ0v) is 25.9. The molecule has 0 amide bonds. The molecule has 9 rings (SSSR count). The smallest absolute Gasteiger partial charge is 0.0542 e. The number of aromatic nitrogens is 2. The Morgan fingerprint density at radius 3 is 1.59 bits per heavy atom. The van der Waals surface area contributed by atoms with Gasteiger partial charge in [0.15, 0.2) is 0 Å². The van der Waals surface area contributed by atoms with Gasteiger partial charge in [0.05, 0.1) is 22.1 Å². The summed E-state index contributed by atoms with van der Waals surface area (Å²) in [6.07, 6.45) is 0. The van der Waals surface area contributed by atoms with Crippen molar-refractivity contribution in [2.45, 2.75) is 13.8 Å². The molecule has 2 heterocycles. The van der Waals surface area contributed by atoms with Gasteiger partial charge in [-0.25, -0.2) is 0 Å². The molecule has 0 aliphatic heterocycles. The number of benzene rings is 7. The highest BCUT2D eigenvalue weighted by Crippen LogP contribution is 2.39. The summed E-state index contributed by atoms with van der Waals surface area (Å²) in [7, 11) is 0. The first-order valence-electron chi connectivity index (χ1n) is 15.9. The van der Waals surface area contributed by atoms with Crippen molar-refractivity contribution in [1.82, 2.24) is 9.13 Å². The van der Waals surface area contributed by atoms with Crippen molar-refractivity contribution in [1.29, 1.82) is 0 Å². The Morgan fingerprint density at radius 1 is 0.326 bits per heavy atom. The van der Waals surface area contributed by atoms with E-state index in [-0.39, 0.29) is 0 Å². The first-order valence-corrected chi connectivity index (χ1v) is 15.9. The maximum Gasteiger partial charge on any atom is 0.0542 e. The summed E-state index contributed by atoms with van der Waals surface area (Å²) in [5, 5.41) is 5.04. The summed E-state index contributed by atoms with van der Waals surface area (Å²) >= 11 is 0. The zero-order chi connectivity index (χ0) is 30.8. The van der Waals surface area contributed by atoms with Crippen LogP contribution in [-0.2, 0) is 0 Å². The average molecular weight is 589 g/mol. The maximum absolute atomic E-state index is 2.43. The molecule has 2 nitrogen and oxygen atoms in total. The third-order valence-electron chi connectivity index (χ3n) is 9.61. The molecule has 0 saturated heterocycles. The minimum atomic E-state index is 1.17. The topological polar surface area (TPSA) is 9.86 Å². The predicted octanol–water partition coefficient (Wildman–Crippen LogP) is 11.8. The molecule has 0 bridgehead atoms. The molecule has 0 N–H and O–H groups in total. The lowest BCUT2D eigenvalue weighted by Gasteiger charge is -2.13. The molecule has 0 spiro atoms. The molecule has 218 valence electrons. The second-order valence-corrected chi connectivity index (χ2v) is 12.3. The maximum atomic E-state index is 2.43. The molecule has 0 aliphatic carbocycles. The van der Waals surface area contributed by atoms with Crippen LogP contribution in [0.5, 0.6) is 0 Å². The van der Waals surface area contributed by atoms with Crippen molar-refractivity contribution in [3.63, 3.8) is 0 Å². The summed E-state index contributed by atoms with van der Waals surface area (Å²) < 4.78 is 4.80. The molecular weight excluding hydrogens is 556 g/mol. The van der Waals surface area contributed by atoms with E-state index in [0.29, 0.717) is 0 Å². The molecule has 46 heavy (non-hydrogen) atoms. The molecule has 0 radical (unpaired) electrons. The van der Waals surface area contributed by atoms with Gasteiger partial charge in [-0.2, -0.15) is 0 Å². The predicted molar refractivity (Wildman–Crippen MR) is 195 cm³/mol. The largest absolute Gasteiger partial charge is 0.309 e. The highest BCUT2D eigenvalue weighted by Gasteiger charge is 2.17. The summed E-state index contributed by atoms with van der Waals surface area (Å²) in [6, 6.07) is 57.6. The van der Waals surface area contributed by atoms with Crippen LogP contribution in [0.25, 0.3) is 77.2 Å². The van der Waals surface area contributed by atoms with Crippen LogP contribution in [0.4, 0.5) is 0 Å². The lowest BCUT2D eigenvalue weighted by molar-refractivity contribution is 1.17. The second kappa shape index (κ2) is 10.4. The average Bonchev–Trinajstić information content (AvgIpc) is 3.61. The zero-order valence-electron chi connectivity index (χ0n) is 25.9. The number of para-hydroxylation sites is 3. The Hall–Kier alpha value is -5.86. The molecule has 0 aliphatic rings. The van der Waals surface area contributed by atoms with Crippen molar-refractivity contribution < 1.29 is 0 Å². The summed E-state index contributed by atoms with van der Waals surface area (Å²) in [4.78, 5) is 0. The van der Waals surface area contributed by atoms with Crippen LogP contribution in [0.1, 0.15) is 11.1 Å². The van der Waals surface area contributed by atoms with E-state index in [1.165, 1.54) is 88.4 Å². The van der Waals surface area contributed by atoms with Crippen LogP contribution >= 0.6 is 0 Å². The van der Waals surface area contributed by atoms with Gasteiger partial charge in [-0.15, -0.1) is 0 Å². The fourth-order valence-corrected chi connectivity index (χ4v) is 7.35. The van der Waals surface area contributed by atoms with Crippen LogP contribution < -0.4 is 0 Å². The quantitative estimate of drug-likeness (QED) is 0.194. The van der Waals surface area contributed by atoms with E-state index in [1.54, 1.807) is 0 Å². The van der Waals surface area contributed by atoms with E-state index in [9.17, 15) is 0 Å². The number of nitrogens with zero attached hydrogens (tertiary/aromatic N) is 2. The Kier molecular flexibility index (Phi) is 5.97. The molecule has 9 aromatic rings. The standard InChI is InChI=1S/C44H32N2/c1-29-12-6-7-15-35(29)38-26-31(21-20-30(38)2)32-22-24-43-39(27-32)36-16-8-11-19-42(36)46(43)34-23-25-44-40(28-34)37-17-9-10-18-41(37)45(44)33-13-4-3-5-14-33/h3-28H,1-2H3. The van der Waals surface area contributed by atoms with E-state index >= 15 is 0 Å². The number of hydrogen-bond donors (Lipinski definition) is 0. The van der Waals surface area contributed by atoms with Crippen molar-refractivity contribution in [3.8, 4) is 33.6 Å². The van der Waals surface area contributed by atoms with E-state index in [4.69, 9.17) is 0 Å². The van der Waals surface area contributed by atoms with E-state index < -0.39 is 0 Å². The van der Waals surface area contributed by atoms with Crippen LogP contribution in [0.2, 0.25) is 0 Å². The third kappa shape index (κ3) is 4.04. The first kappa shape index (κ1) is 26.5. The Bertz CT molecular complexity index is 2600. The van der Waals surface area contributed by atoms with Gasteiger partial charge in [0, 0.05) is 32.9 Å². The Balaban J connectivity index is 1.24. The van der Waals surface area contributed by atoms with Gasteiger partial charge in [0.2, 0.25) is 0 Å². The highest BCUT2D eigenvalue weighted by molar-refractivity contribution is 6.12. The van der Waals surface area contributed by atoms with Crippen LogP contribution in [0.3, 0.4) is 0 Å². The van der Waals surface area contributed by atoms with Gasteiger partial charge in [-0.3, -0.25) is 0 Å². The van der Waals surface area contributed by atoms with Gasteiger partial charge < -0.3 is 9.13 Å². The Morgan fingerprint density at radius 2 is 0.848 bits per heavy atom. The summed E-state index contributed by atoms with van der Waals surface area (Å²) in [5.74, 6) is 0. The van der Waals surface area contributed by atoms with Crippen LogP contribution in [0.15, 0.2) is 158 Å². The minimum absolute atomic E-state index is 1.17. The SMILES string of the molecule is Cc1ccccc1-c1cc(-c2ccc3c(c2)c2ccccc2n3-c2ccc3c(c2)c2ccccc2n3-c2ccccc2)ccc1C. The monoisotopic (exact) mass is 588 g/mol. The Labute approximate surface area is 268 Å². The van der Waals surface area contributed by atoms with Gasteiger partial charge in [-0.1, -0.05) is 97.1 Å². The molecule has 0 saturated carbocycles. The number of hydrogen-bond acceptors (Lipinski definition) is 0. The van der Waals surface area contributed by atoms with Crippen molar-refractivity contribution >= 4 is 43.6 Å². The first-order chi connectivity index (χ1) is 22.7. The minimum Gasteiger partial charge on any atom is -0.309 e. The summed E-state index contributed by atoms with van der Waals surface area (Å²) in [5.41, 5.74) is 14.8. The third-order valence-corrected chi connectivity index (χ3v) is 9.61. The van der Waals surface area contributed by atoms with Gasteiger partial charge >= 0.3 is 0 Å². The molecule has 0 fully saturated rings. The van der Waals surface area contributed by atoms with E-state index in [1.807, 2.05) is 0 Å². The van der Waals surface area contributed by atoms with Gasteiger partial charge in [-0.05, 0) is 108 Å². The lowest BCUT2D eigenvalue weighted by Crippen LogP contribution is -1.95. The van der Waals surface area contributed by atoms with E-state index in [2.05, 4.69) is 181 Å². The van der Waals surface area contributed by atoms with Crippen LogP contribution in [-0.4, -0.2) is 9.13 Å². The van der Waals surface area contributed by atoms with Gasteiger partial charge in [0.1, 0.15) is 0 Å². The van der Waals surface area contributed by atoms with E-state index in [0.717, 1.165) is 0 Å². The number of aryl methyl sites for hydroxylation is 2. The number of fused-ring (bicyclic) bond motifs is 6. The molecule has 2 heteroatoms. The van der Waals surface area contributed by atoms with Gasteiger partial charge in [0.25, 0.3) is 0 Å². The summed E-state index contributed by atoms with van der Waals surface area (Å²) in [6.45, 7) is 4.40. The lowest BCUT2D eigenvalue weighted by atomic mass is 9.92. The van der Waals surface area contributed by atoms with Crippen molar-refractivity contribution in [3.05, 3.63) is 169 Å². The molecule has 0 atom stereocenters. The van der Waals surface area contributed by atoms with Crippen molar-refractivity contribution in [2.24, 2.45) is 0 Å². The fourth-order valence-electron chi connectivity index (χ4n) is 7.35.